The molecular weight excluding hydrogens is 500 g/mol. The van der Waals surface area contributed by atoms with Crippen LogP contribution in [0, 0.1) is 0 Å². The van der Waals surface area contributed by atoms with Gasteiger partial charge in [-0.15, -0.1) is 0 Å². The summed E-state index contributed by atoms with van der Waals surface area (Å²) in [5, 5.41) is 7.29. The van der Waals surface area contributed by atoms with Crippen molar-refractivity contribution in [3.63, 3.8) is 0 Å². The van der Waals surface area contributed by atoms with Crippen molar-refractivity contribution in [2.75, 3.05) is 31.6 Å². The molecule has 3 rings (SSSR count). The largest absolute Gasteiger partial charge is 0.394 e. The van der Waals surface area contributed by atoms with Crippen molar-refractivity contribution in [2.45, 2.75) is 19.5 Å². The van der Waals surface area contributed by atoms with Crippen molar-refractivity contribution in [1.82, 2.24) is 15.6 Å². The van der Waals surface area contributed by atoms with Crippen LogP contribution in [-0.2, 0) is 33.5 Å². The van der Waals surface area contributed by atoms with Crippen molar-refractivity contribution in [1.29, 1.82) is 0 Å². The summed E-state index contributed by atoms with van der Waals surface area (Å²) in [4.78, 5) is 25.5. The number of carbonyl (C=O) groups excluding carboxylic acids is 2. The van der Waals surface area contributed by atoms with Crippen LogP contribution >= 0.6 is 0 Å². The van der Waals surface area contributed by atoms with Gasteiger partial charge in [-0.25, -0.2) is 4.99 Å². The van der Waals surface area contributed by atoms with Gasteiger partial charge in [0.25, 0.3) is 0 Å². The Morgan fingerprint density at radius 1 is 1.11 bits per heavy atom. The molecule has 1 saturated heterocycles. The van der Waals surface area contributed by atoms with Gasteiger partial charge < -0.3 is 16.5 Å². The Morgan fingerprint density at radius 3 is 2.45 bits per heavy atom. The van der Waals surface area contributed by atoms with Crippen LogP contribution in [0.25, 0.3) is 11.1 Å². The molecule has 0 atom stereocenters. The Hall–Kier alpha value is -3.89. The molecule has 0 aliphatic carbocycles. The maximum Gasteiger partial charge on any atom is 0.204 e. The molecule has 1 aliphatic rings. The van der Waals surface area contributed by atoms with Crippen LogP contribution < -0.4 is 16.5 Å². The van der Waals surface area contributed by atoms with E-state index in [0.717, 1.165) is 54.1 Å². The van der Waals surface area contributed by atoms with Crippen LogP contribution in [0.1, 0.15) is 17.5 Å². The Kier molecular flexibility index (Phi) is 14.0. The number of nitrogens with two attached hydrogens (primary N) is 1. The van der Waals surface area contributed by atoms with E-state index in [4.69, 9.17) is 4.79 Å². The first kappa shape index (κ1) is 30.3. The average Bonchev–Trinajstić information content (AvgIpc) is 2.93. The maximum absolute atomic E-state index is 11.6. The van der Waals surface area contributed by atoms with Crippen LogP contribution in [0.5, 0.6) is 0 Å². The van der Waals surface area contributed by atoms with Crippen LogP contribution in [-0.4, -0.2) is 66.0 Å². The Bertz CT molecular complexity index is 1150. The molecular formula is C28H36N6O3S. The number of rotatable bonds is 11. The molecule has 0 unspecified atom stereocenters. The van der Waals surface area contributed by atoms with Crippen molar-refractivity contribution in [3.8, 4) is 11.1 Å². The van der Waals surface area contributed by atoms with Crippen molar-refractivity contribution >= 4 is 36.0 Å². The van der Waals surface area contributed by atoms with Gasteiger partial charge in [0.1, 0.15) is 6.29 Å². The molecule has 1 fully saturated rings. The number of hydrogen-bond acceptors (Lipinski definition) is 7. The molecule has 0 spiro atoms. The highest BCUT2D eigenvalue weighted by Gasteiger charge is 2.15. The standard InChI is InChI=1S/C27H33N5O2S.CH3NO/c1-28-19-23(6-4-14-33)18-27(29-2)31-30-20-22-8-10-25(11-9-22)26-7-3-5-24(17-26)21-32-12-15-35(34)16-13-32;2-1-3/h3-11,14,17,19,28,30H,2,12-13,15-16,18,20-21H2,1H3;1H,(H2,2,3)/b6-4-,23-19+,31-27-;. The third-order valence-corrected chi connectivity index (χ3v) is 6.92. The molecule has 38 heavy (non-hydrogen) atoms. The number of nitrogens with zero attached hydrogens (tertiary/aromatic N) is 3. The third-order valence-electron chi connectivity index (χ3n) is 5.65. The molecule has 2 aromatic rings. The number of aliphatic imine (C=N–C) groups is 1. The number of benzene rings is 2. The number of amidine groups is 1. The highest BCUT2D eigenvalue weighted by atomic mass is 32.2. The minimum absolute atomic E-state index is 0.250. The molecule has 1 heterocycles. The quantitative estimate of drug-likeness (QED) is 0.101. The van der Waals surface area contributed by atoms with E-state index in [1.807, 2.05) is 0 Å². The van der Waals surface area contributed by atoms with Gasteiger partial charge in [0, 0.05) is 55.4 Å². The normalized spacial score (nSPS) is 14.9. The summed E-state index contributed by atoms with van der Waals surface area (Å²) in [6, 6.07) is 17.0. The SMILES string of the molecule is C=N/C(CC(/C=C\C=O)=C/NC)=N\NCc1ccc(-c2cccc(CN3CCS(=O)CC3)c2)cc1.NC=O. The van der Waals surface area contributed by atoms with Gasteiger partial charge in [0.15, 0.2) is 5.84 Å². The fourth-order valence-corrected chi connectivity index (χ4v) is 4.93. The second-order valence-electron chi connectivity index (χ2n) is 8.36. The van der Waals surface area contributed by atoms with E-state index >= 15 is 0 Å². The summed E-state index contributed by atoms with van der Waals surface area (Å²) >= 11 is 0. The predicted molar refractivity (Wildman–Crippen MR) is 156 cm³/mol. The lowest BCUT2D eigenvalue weighted by molar-refractivity contribution is -0.107. The molecule has 4 N–H and O–H groups in total. The topological polar surface area (TPSA) is 129 Å². The van der Waals surface area contributed by atoms with Gasteiger partial charge in [0.05, 0.1) is 6.54 Å². The summed E-state index contributed by atoms with van der Waals surface area (Å²) in [6.07, 6.45) is 6.38. The number of allylic oxidation sites excluding steroid dienone is 2. The van der Waals surface area contributed by atoms with Crippen LogP contribution in [0.15, 0.2) is 82.5 Å². The van der Waals surface area contributed by atoms with Crippen molar-refractivity contribution in [2.24, 2.45) is 15.8 Å². The fourth-order valence-electron chi connectivity index (χ4n) is 3.80. The molecule has 10 heteroatoms. The first-order chi connectivity index (χ1) is 18.5. The third kappa shape index (κ3) is 11.0. The van der Waals surface area contributed by atoms with E-state index in [9.17, 15) is 9.00 Å². The van der Waals surface area contributed by atoms with Crippen molar-refractivity contribution < 1.29 is 13.8 Å². The zero-order valence-electron chi connectivity index (χ0n) is 21.7. The first-order valence-corrected chi connectivity index (χ1v) is 13.7. The fraction of sp³-hybridized carbons (Fsp3) is 0.286. The molecule has 202 valence electrons. The molecule has 1 amide bonds. The molecule has 0 saturated carbocycles. The van der Waals surface area contributed by atoms with E-state index in [0.29, 0.717) is 18.8 Å². The van der Waals surface area contributed by atoms with Crippen molar-refractivity contribution in [3.05, 3.63) is 83.6 Å². The highest BCUT2D eigenvalue weighted by Crippen LogP contribution is 2.22. The van der Waals surface area contributed by atoms with E-state index in [1.165, 1.54) is 17.2 Å². The molecule has 9 nitrogen and oxygen atoms in total. The number of amides is 1. The summed E-state index contributed by atoms with van der Waals surface area (Å²) in [6.45, 7) is 6.83. The lowest BCUT2D eigenvalue weighted by Gasteiger charge is -2.26. The predicted octanol–water partition coefficient (Wildman–Crippen LogP) is 2.37. The van der Waals surface area contributed by atoms with E-state index < -0.39 is 10.8 Å². The number of hydrogen-bond donors (Lipinski definition) is 3. The van der Waals surface area contributed by atoms with Gasteiger partial charge in [0.2, 0.25) is 6.41 Å². The highest BCUT2D eigenvalue weighted by molar-refractivity contribution is 7.85. The molecule has 2 aromatic carbocycles. The number of primary amides is 1. The van der Waals surface area contributed by atoms with Crippen LogP contribution in [0.3, 0.4) is 0 Å². The van der Waals surface area contributed by atoms with Crippen LogP contribution in [0.4, 0.5) is 0 Å². The Labute approximate surface area is 227 Å². The molecule has 0 radical (unpaired) electrons. The Morgan fingerprint density at radius 2 is 1.82 bits per heavy atom. The van der Waals surface area contributed by atoms with E-state index in [-0.39, 0.29) is 6.41 Å². The summed E-state index contributed by atoms with van der Waals surface area (Å²) < 4.78 is 11.6. The maximum atomic E-state index is 11.6. The summed E-state index contributed by atoms with van der Waals surface area (Å²) in [5.41, 5.74) is 12.8. The number of aldehydes is 1. The zero-order valence-corrected chi connectivity index (χ0v) is 22.5. The summed E-state index contributed by atoms with van der Waals surface area (Å²) in [5.74, 6) is 2.08. The smallest absolute Gasteiger partial charge is 0.204 e. The zero-order chi connectivity index (χ0) is 27.6. The minimum Gasteiger partial charge on any atom is -0.394 e. The van der Waals surface area contributed by atoms with Gasteiger partial charge in [-0.3, -0.25) is 18.7 Å². The number of nitrogens with one attached hydrogen (secondary N) is 2. The van der Waals surface area contributed by atoms with E-state index in [2.05, 4.69) is 86.7 Å². The van der Waals surface area contributed by atoms with Crippen LogP contribution in [0.2, 0.25) is 0 Å². The minimum atomic E-state index is -0.649. The Balaban J connectivity index is 0.00000161. The van der Waals surface area contributed by atoms with Gasteiger partial charge in [-0.05, 0) is 52.9 Å². The lowest BCUT2D eigenvalue weighted by Crippen LogP contribution is -2.37. The first-order valence-electron chi connectivity index (χ1n) is 12.2. The average molecular weight is 537 g/mol. The molecule has 0 bridgehead atoms. The molecule has 0 aromatic heterocycles. The molecule has 1 aliphatic heterocycles. The number of carbonyl (C=O) groups is 2. The number of hydrazone groups is 1. The summed E-state index contributed by atoms with van der Waals surface area (Å²) in [7, 11) is 1.15. The lowest BCUT2D eigenvalue weighted by atomic mass is 10.0. The van der Waals surface area contributed by atoms with Gasteiger partial charge in [-0.2, -0.15) is 5.10 Å². The van der Waals surface area contributed by atoms with E-state index in [1.54, 1.807) is 19.3 Å². The second-order valence-corrected chi connectivity index (χ2v) is 10.1. The van der Waals surface area contributed by atoms with Gasteiger partial charge in [-0.1, -0.05) is 48.5 Å². The second kappa shape index (κ2) is 17.5. The van der Waals surface area contributed by atoms with Gasteiger partial charge >= 0.3 is 0 Å². The monoisotopic (exact) mass is 536 g/mol.